The van der Waals surface area contributed by atoms with Gasteiger partial charge in [-0.1, -0.05) is 54.5 Å². The van der Waals surface area contributed by atoms with Crippen LogP contribution in [0.1, 0.15) is 67.8 Å². The summed E-state index contributed by atoms with van der Waals surface area (Å²) in [7, 11) is 0. The molecule has 0 radical (unpaired) electrons. The van der Waals surface area contributed by atoms with Crippen LogP contribution in [-0.2, 0) is 4.74 Å². The summed E-state index contributed by atoms with van der Waals surface area (Å²) in [6.07, 6.45) is 11.6. The molecule has 0 bridgehead atoms. The lowest BCUT2D eigenvalue weighted by molar-refractivity contribution is 0.0308. The average molecular weight is 397 g/mol. The summed E-state index contributed by atoms with van der Waals surface area (Å²) in [5, 5.41) is 4.60. The van der Waals surface area contributed by atoms with Crippen LogP contribution in [0.2, 0.25) is 10.0 Å². The van der Waals surface area contributed by atoms with E-state index >= 15 is 0 Å². The van der Waals surface area contributed by atoms with E-state index in [0.29, 0.717) is 21.4 Å². The van der Waals surface area contributed by atoms with Crippen molar-refractivity contribution < 1.29 is 14.1 Å². The second kappa shape index (κ2) is 10.3. The fraction of sp³-hybridized carbons (Fsp3) is 0.421. The number of carbonyl (C=O) groups excluding carboxylic acids is 1. The molecule has 0 amide bonds. The molecule has 5 nitrogen and oxygen atoms in total. The topological polar surface area (TPSA) is 65.2 Å². The van der Waals surface area contributed by atoms with Crippen molar-refractivity contribution in [1.29, 1.82) is 0 Å². The number of ether oxygens (including phenoxy) is 1. The van der Waals surface area contributed by atoms with E-state index < -0.39 is 5.97 Å². The number of pyridine rings is 1. The molecule has 1 atom stereocenters. The fourth-order valence-electron chi connectivity index (χ4n) is 2.37. The van der Waals surface area contributed by atoms with Crippen molar-refractivity contribution in [2.75, 3.05) is 0 Å². The molecule has 0 fully saturated rings. The third-order valence-electron chi connectivity index (χ3n) is 3.81. The van der Waals surface area contributed by atoms with Crippen molar-refractivity contribution in [2.24, 2.45) is 0 Å². The van der Waals surface area contributed by atoms with Crippen molar-refractivity contribution in [3.05, 3.63) is 45.5 Å². The molecule has 0 aromatic carbocycles. The Morgan fingerprint density at radius 1 is 1.23 bits per heavy atom. The molecule has 0 spiro atoms. The Labute approximate surface area is 163 Å². The van der Waals surface area contributed by atoms with E-state index in [1.54, 1.807) is 12.2 Å². The van der Waals surface area contributed by atoms with Crippen LogP contribution >= 0.6 is 23.2 Å². The van der Waals surface area contributed by atoms with Crippen LogP contribution in [0.15, 0.2) is 23.0 Å². The quantitative estimate of drug-likeness (QED) is 0.380. The number of rotatable bonds is 9. The highest BCUT2D eigenvalue weighted by Gasteiger charge is 2.16. The number of halogens is 2. The first-order valence-corrected chi connectivity index (χ1v) is 9.41. The van der Waals surface area contributed by atoms with Crippen molar-refractivity contribution in [3.8, 4) is 0 Å². The third-order valence-corrected chi connectivity index (χ3v) is 4.42. The highest BCUT2D eigenvalue weighted by Crippen LogP contribution is 2.25. The summed E-state index contributed by atoms with van der Waals surface area (Å²) in [5.74, 6) is -0.0899. The lowest BCUT2D eigenvalue weighted by Gasteiger charge is -2.11. The lowest BCUT2D eigenvalue weighted by atomic mass is 10.1. The van der Waals surface area contributed by atoms with Crippen molar-refractivity contribution in [2.45, 2.75) is 52.1 Å². The molecule has 0 aliphatic heterocycles. The second-order valence-electron chi connectivity index (χ2n) is 6.03. The minimum absolute atomic E-state index is 0.136. The summed E-state index contributed by atoms with van der Waals surface area (Å²) < 4.78 is 10.5. The van der Waals surface area contributed by atoms with Crippen molar-refractivity contribution in [1.82, 2.24) is 10.1 Å². The zero-order valence-electron chi connectivity index (χ0n) is 14.9. The maximum absolute atomic E-state index is 12.1. The molecule has 1 unspecified atom stereocenters. The molecular formula is C19H22Cl2N2O3. The number of nitrogens with zero attached hydrogens (tertiary/aromatic N) is 2. The molecule has 0 aliphatic rings. The Morgan fingerprint density at radius 3 is 2.65 bits per heavy atom. The summed E-state index contributed by atoms with van der Waals surface area (Å²) in [4.78, 5) is 16.0. The summed E-state index contributed by atoms with van der Waals surface area (Å²) in [6, 6.07) is 1.52. The Bertz CT molecular complexity index is 739. The summed E-state index contributed by atoms with van der Waals surface area (Å²) in [5.41, 5.74) is 0.751. The summed E-state index contributed by atoms with van der Waals surface area (Å²) >= 11 is 12.1. The van der Waals surface area contributed by atoms with Crippen LogP contribution in [0.5, 0.6) is 0 Å². The van der Waals surface area contributed by atoms with Crippen LogP contribution < -0.4 is 0 Å². The largest absolute Gasteiger partial charge is 0.458 e. The van der Waals surface area contributed by atoms with E-state index in [2.05, 4.69) is 17.1 Å². The molecule has 0 saturated heterocycles. The molecule has 26 heavy (non-hydrogen) atoms. The van der Waals surface area contributed by atoms with E-state index in [9.17, 15) is 4.79 Å². The van der Waals surface area contributed by atoms with Crippen LogP contribution in [0.25, 0.3) is 12.2 Å². The second-order valence-corrected chi connectivity index (χ2v) is 6.84. The van der Waals surface area contributed by atoms with Gasteiger partial charge in [-0.05, 0) is 31.9 Å². The smallest absolute Gasteiger partial charge is 0.360 e. The number of hydrogen-bond donors (Lipinski definition) is 0. The molecule has 0 aliphatic carbocycles. The molecule has 2 heterocycles. The molecule has 0 N–H and O–H groups in total. The Balaban J connectivity index is 1.92. The normalized spacial score (nSPS) is 12.5. The Morgan fingerprint density at radius 2 is 1.96 bits per heavy atom. The zero-order chi connectivity index (χ0) is 18.9. The van der Waals surface area contributed by atoms with E-state index in [0.717, 1.165) is 19.3 Å². The van der Waals surface area contributed by atoms with Crippen LogP contribution in [0.4, 0.5) is 0 Å². The molecule has 2 rings (SSSR count). The van der Waals surface area contributed by atoms with E-state index in [1.165, 1.54) is 31.3 Å². The standard InChI is InChI=1S/C19H22Cl2N2O3/c1-3-4-5-6-7-13(2)25-19(24)18-10-14(26-23-18)8-9-15-16(20)11-22-12-17(15)21/h8-13H,3-7H2,1-2H3/b9-8+. The maximum atomic E-state index is 12.1. The van der Waals surface area contributed by atoms with Gasteiger partial charge in [0.2, 0.25) is 0 Å². The van der Waals surface area contributed by atoms with Gasteiger partial charge in [0.1, 0.15) is 0 Å². The number of unbranched alkanes of at least 4 members (excludes halogenated alkanes) is 3. The number of aromatic nitrogens is 2. The first-order valence-electron chi connectivity index (χ1n) is 8.66. The zero-order valence-corrected chi connectivity index (χ0v) is 16.4. The molecule has 140 valence electrons. The van der Waals surface area contributed by atoms with Gasteiger partial charge in [-0.25, -0.2) is 4.79 Å². The van der Waals surface area contributed by atoms with Gasteiger partial charge in [0.05, 0.1) is 16.1 Å². The molecule has 7 heteroatoms. The number of hydrogen-bond acceptors (Lipinski definition) is 5. The van der Waals surface area contributed by atoms with E-state index in [1.807, 2.05) is 6.92 Å². The fourth-order valence-corrected chi connectivity index (χ4v) is 2.86. The average Bonchev–Trinajstić information content (AvgIpc) is 3.07. The van der Waals surface area contributed by atoms with Crippen LogP contribution in [-0.4, -0.2) is 22.2 Å². The van der Waals surface area contributed by atoms with Gasteiger partial charge < -0.3 is 9.26 Å². The van der Waals surface area contributed by atoms with Gasteiger partial charge in [-0.2, -0.15) is 0 Å². The minimum atomic E-state index is -0.489. The highest BCUT2D eigenvalue weighted by molar-refractivity contribution is 6.37. The maximum Gasteiger partial charge on any atom is 0.360 e. The molecular weight excluding hydrogens is 375 g/mol. The van der Waals surface area contributed by atoms with Gasteiger partial charge in [0.15, 0.2) is 11.5 Å². The van der Waals surface area contributed by atoms with E-state index in [4.69, 9.17) is 32.5 Å². The first-order chi connectivity index (χ1) is 12.5. The first kappa shape index (κ1) is 20.5. The molecule has 0 saturated carbocycles. The highest BCUT2D eigenvalue weighted by atomic mass is 35.5. The van der Waals surface area contributed by atoms with E-state index in [-0.39, 0.29) is 11.8 Å². The number of carbonyl (C=O) groups is 1. The van der Waals surface area contributed by atoms with Crippen molar-refractivity contribution in [3.63, 3.8) is 0 Å². The van der Waals surface area contributed by atoms with Gasteiger partial charge in [-0.15, -0.1) is 0 Å². The van der Waals surface area contributed by atoms with Crippen LogP contribution in [0.3, 0.4) is 0 Å². The monoisotopic (exact) mass is 396 g/mol. The predicted molar refractivity (Wildman–Crippen MR) is 103 cm³/mol. The predicted octanol–water partition coefficient (Wildman–Crippen LogP) is 6.06. The number of esters is 1. The third kappa shape index (κ3) is 6.15. The van der Waals surface area contributed by atoms with Gasteiger partial charge in [0.25, 0.3) is 0 Å². The SMILES string of the molecule is CCCCCCC(C)OC(=O)c1cc(/C=C/c2c(Cl)cncc2Cl)on1. The van der Waals surface area contributed by atoms with Gasteiger partial charge >= 0.3 is 5.97 Å². The van der Waals surface area contributed by atoms with Gasteiger partial charge in [-0.3, -0.25) is 4.98 Å². The minimum Gasteiger partial charge on any atom is -0.458 e. The van der Waals surface area contributed by atoms with Gasteiger partial charge in [0, 0.05) is 24.0 Å². The van der Waals surface area contributed by atoms with Crippen LogP contribution in [0, 0.1) is 0 Å². The summed E-state index contributed by atoms with van der Waals surface area (Å²) in [6.45, 7) is 4.05. The molecule has 2 aromatic heterocycles. The Kier molecular flexibility index (Phi) is 8.13. The Hall–Kier alpha value is -1.85. The van der Waals surface area contributed by atoms with Crippen molar-refractivity contribution >= 4 is 41.3 Å². The molecule has 2 aromatic rings. The lowest BCUT2D eigenvalue weighted by Crippen LogP contribution is -2.15.